The number of hydrogen-bond donors (Lipinski definition) is 0. The minimum absolute atomic E-state index is 0.183. The highest BCUT2D eigenvalue weighted by Gasteiger charge is 2.16. The fraction of sp³-hybridized carbons (Fsp3) is 0.235. The van der Waals surface area contributed by atoms with Crippen LogP contribution in [0.3, 0.4) is 0 Å². The van der Waals surface area contributed by atoms with Gasteiger partial charge in [0.2, 0.25) is 0 Å². The van der Waals surface area contributed by atoms with Gasteiger partial charge in [0.15, 0.2) is 0 Å². The molecule has 0 saturated carbocycles. The zero-order valence-electron chi connectivity index (χ0n) is 12.2. The molecule has 2 nitrogen and oxygen atoms in total. The molecule has 1 atom stereocenters. The van der Waals surface area contributed by atoms with Crippen LogP contribution in [-0.4, -0.2) is 9.55 Å². The number of rotatable bonds is 2. The molecule has 0 radical (unpaired) electrons. The molecule has 4 heteroatoms. The second-order valence-electron chi connectivity index (χ2n) is 5.32. The van der Waals surface area contributed by atoms with Crippen LogP contribution in [0.2, 0.25) is 5.02 Å². The maximum absolute atomic E-state index is 6.32. The lowest BCUT2D eigenvalue weighted by molar-refractivity contribution is 0.881. The summed E-state index contributed by atoms with van der Waals surface area (Å²) >= 11 is 12.4. The summed E-state index contributed by atoms with van der Waals surface area (Å²) in [6.07, 6.45) is 0. The third-order valence-corrected chi connectivity index (χ3v) is 4.18. The van der Waals surface area contributed by atoms with Crippen molar-refractivity contribution in [3.8, 4) is 5.69 Å². The first-order chi connectivity index (χ1) is 9.97. The van der Waals surface area contributed by atoms with Gasteiger partial charge in [-0.2, -0.15) is 0 Å². The lowest BCUT2D eigenvalue weighted by Gasteiger charge is -2.12. The van der Waals surface area contributed by atoms with Crippen molar-refractivity contribution in [2.75, 3.05) is 0 Å². The number of alkyl halides is 1. The molecule has 2 aromatic carbocycles. The Hall–Kier alpha value is -1.51. The first-order valence-electron chi connectivity index (χ1n) is 6.87. The summed E-state index contributed by atoms with van der Waals surface area (Å²) in [5.41, 5.74) is 5.47. The summed E-state index contributed by atoms with van der Waals surface area (Å²) in [4.78, 5) is 4.65. The van der Waals surface area contributed by atoms with E-state index in [1.807, 2.05) is 25.1 Å². The SMILES string of the molecule is Cc1ccc(-n2c(C(C)Cl)nc3cc(Cl)ccc32)cc1C. The van der Waals surface area contributed by atoms with E-state index in [2.05, 4.69) is 41.6 Å². The highest BCUT2D eigenvalue weighted by molar-refractivity contribution is 6.31. The second kappa shape index (κ2) is 5.36. The molecule has 1 unspecified atom stereocenters. The van der Waals surface area contributed by atoms with Gasteiger partial charge in [0.1, 0.15) is 5.82 Å². The Balaban J connectivity index is 2.33. The van der Waals surface area contributed by atoms with Crippen LogP contribution in [0.15, 0.2) is 36.4 Å². The van der Waals surface area contributed by atoms with Gasteiger partial charge in [0.05, 0.1) is 16.4 Å². The zero-order valence-corrected chi connectivity index (χ0v) is 13.7. The van der Waals surface area contributed by atoms with Gasteiger partial charge in [-0.15, -0.1) is 11.6 Å². The van der Waals surface area contributed by atoms with Gasteiger partial charge in [-0.25, -0.2) is 4.98 Å². The number of nitrogens with zero attached hydrogens (tertiary/aromatic N) is 2. The smallest absolute Gasteiger partial charge is 0.132 e. The van der Waals surface area contributed by atoms with Gasteiger partial charge in [-0.05, 0) is 62.2 Å². The first-order valence-corrected chi connectivity index (χ1v) is 7.68. The molecule has 0 saturated heterocycles. The summed E-state index contributed by atoms with van der Waals surface area (Å²) in [6, 6.07) is 12.1. The second-order valence-corrected chi connectivity index (χ2v) is 6.41. The predicted octanol–water partition coefficient (Wildman–Crippen LogP) is 5.60. The third kappa shape index (κ3) is 2.54. The number of hydrogen-bond acceptors (Lipinski definition) is 1. The summed E-state index contributed by atoms with van der Waals surface area (Å²) in [7, 11) is 0. The van der Waals surface area contributed by atoms with E-state index in [4.69, 9.17) is 23.2 Å². The summed E-state index contributed by atoms with van der Waals surface area (Å²) in [5, 5.41) is 0.499. The Morgan fingerprint density at radius 3 is 2.48 bits per heavy atom. The van der Waals surface area contributed by atoms with Crippen LogP contribution in [0.5, 0.6) is 0 Å². The molecule has 0 N–H and O–H groups in total. The normalized spacial score (nSPS) is 12.8. The molecule has 21 heavy (non-hydrogen) atoms. The van der Waals surface area contributed by atoms with Crippen molar-refractivity contribution in [3.63, 3.8) is 0 Å². The number of aryl methyl sites for hydroxylation is 2. The van der Waals surface area contributed by atoms with Crippen LogP contribution < -0.4 is 0 Å². The Kier molecular flexibility index (Phi) is 3.68. The average molecular weight is 319 g/mol. The molecular formula is C17H16Cl2N2. The van der Waals surface area contributed by atoms with Crippen molar-refractivity contribution in [2.24, 2.45) is 0 Å². The largest absolute Gasteiger partial charge is 0.295 e. The van der Waals surface area contributed by atoms with E-state index < -0.39 is 0 Å². The van der Waals surface area contributed by atoms with Gasteiger partial charge < -0.3 is 0 Å². The van der Waals surface area contributed by atoms with Gasteiger partial charge in [0, 0.05) is 10.7 Å². The molecule has 0 aliphatic carbocycles. The minimum Gasteiger partial charge on any atom is -0.295 e. The van der Waals surface area contributed by atoms with Crippen LogP contribution in [0.25, 0.3) is 16.7 Å². The number of benzene rings is 2. The maximum atomic E-state index is 6.32. The summed E-state index contributed by atoms with van der Waals surface area (Å²) < 4.78 is 2.11. The highest BCUT2D eigenvalue weighted by Crippen LogP contribution is 2.30. The molecule has 0 spiro atoms. The lowest BCUT2D eigenvalue weighted by Crippen LogP contribution is -2.02. The zero-order chi connectivity index (χ0) is 15.1. The molecule has 3 aromatic rings. The topological polar surface area (TPSA) is 17.8 Å². The minimum atomic E-state index is -0.183. The Labute approximate surface area is 134 Å². The molecule has 0 aliphatic heterocycles. The molecule has 0 amide bonds. The van der Waals surface area contributed by atoms with Crippen molar-refractivity contribution in [2.45, 2.75) is 26.1 Å². The molecule has 0 bridgehead atoms. The first kappa shape index (κ1) is 14.4. The molecule has 1 heterocycles. The van der Waals surface area contributed by atoms with Gasteiger partial charge in [-0.1, -0.05) is 17.7 Å². The van der Waals surface area contributed by atoms with E-state index >= 15 is 0 Å². The Morgan fingerprint density at radius 2 is 1.81 bits per heavy atom. The monoisotopic (exact) mass is 318 g/mol. The van der Waals surface area contributed by atoms with Crippen molar-refractivity contribution in [1.82, 2.24) is 9.55 Å². The van der Waals surface area contributed by atoms with E-state index in [0.29, 0.717) is 5.02 Å². The fourth-order valence-corrected chi connectivity index (χ4v) is 2.79. The maximum Gasteiger partial charge on any atom is 0.132 e. The number of fused-ring (bicyclic) bond motifs is 1. The molecule has 3 rings (SSSR count). The van der Waals surface area contributed by atoms with Crippen LogP contribution >= 0.6 is 23.2 Å². The number of halogens is 2. The molecular weight excluding hydrogens is 303 g/mol. The summed E-state index contributed by atoms with van der Waals surface area (Å²) in [6.45, 7) is 6.15. The van der Waals surface area contributed by atoms with E-state index in [-0.39, 0.29) is 5.38 Å². The number of imidazole rings is 1. The van der Waals surface area contributed by atoms with Gasteiger partial charge in [-0.3, -0.25) is 4.57 Å². The van der Waals surface area contributed by atoms with Gasteiger partial charge >= 0.3 is 0 Å². The van der Waals surface area contributed by atoms with Gasteiger partial charge in [0.25, 0.3) is 0 Å². The van der Waals surface area contributed by atoms with Crippen molar-refractivity contribution in [1.29, 1.82) is 0 Å². The van der Waals surface area contributed by atoms with Crippen LogP contribution in [-0.2, 0) is 0 Å². The van der Waals surface area contributed by atoms with E-state index in [1.165, 1.54) is 11.1 Å². The van der Waals surface area contributed by atoms with Crippen LogP contribution in [0.1, 0.15) is 29.3 Å². The molecule has 108 valence electrons. The van der Waals surface area contributed by atoms with E-state index in [9.17, 15) is 0 Å². The van der Waals surface area contributed by atoms with Crippen LogP contribution in [0, 0.1) is 13.8 Å². The number of aromatic nitrogens is 2. The van der Waals surface area contributed by atoms with Crippen molar-refractivity contribution < 1.29 is 0 Å². The average Bonchev–Trinajstić information content (AvgIpc) is 2.80. The Bertz CT molecular complexity index is 819. The molecule has 0 fully saturated rings. The standard InChI is InChI=1S/C17H16Cl2N2/c1-10-4-6-14(8-11(10)2)21-16-7-5-13(19)9-15(16)20-17(21)12(3)18/h4-9,12H,1-3H3. The molecule has 0 aliphatic rings. The lowest BCUT2D eigenvalue weighted by atomic mass is 10.1. The quantitative estimate of drug-likeness (QED) is 0.563. The van der Waals surface area contributed by atoms with E-state index in [0.717, 1.165) is 22.5 Å². The van der Waals surface area contributed by atoms with Crippen molar-refractivity contribution in [3.05, 3.63) is 58.4 Å². The van der Waals surface area contributed by atoms with Crippen LogP contribution in [0.4, 0.5) is 0 Å². The fourth-order valence-electron chi connectivity index (χ4n) is 2.47. The third-order valence-electron chi connectivity index (χ3n) is 3.75. The van der Waals surface area contributed by atoms with E-state index in [1.54, 1.807) is 0 Å². The highest BCUT2D eigenvalue weighted by atomic mass is 35.5. The van der Waals surface area contributed by atoms with Crippen molar-refractivity contribution >= 4 is 34.2 Å². The predicted molar refractivity (Wildman–Crippen MR) is 89.8 cm³/mol. The molecule has 1 aromatic heterocycles. The summed E-state index contributed by atoms with van der Waals surface area (Å²) in [5.74, 6) is 0.831. The Morgan fingerprint density at radius 1 is 1.05 bits per heavy atom.